The Morgan fingerprint density at radius 1 is 0.909 bits per heavy atom. The maximum absolute atomic E-state index is 12.4. The zero-order chi connectivity index (χ0) is 15.7. The highest BCUT2D eigenvalue weighted by molar-refractivity contribution is 6.30. The van der Waals surface area contributed by atoms with Gasteiger partial charge < -0.3 is 5.32 Å². The van der Waals surface area contributed by atoms with Crippen LogP contribution >= 0.6 is 23.2 Å². The van der Waals surface area contributed by atoms with Crippen LogP contribution in [0.1, 0.15) is 36.6 Å². The number of hydrogen-bond acceptors (Lipinski definition) is 2. The lowest BCUT2D eigenvalue weighted by molar-refractivity contribution is -0.126. The highest BCUT2D eigenvalue weighted by Gasteiger charge is 2.34. The summed E-state index contributed by atoms with van der Waals surface area (Å²) in [5, 5.41) is 5.00. The highest BCUT2D eigenvalue weighted by Crippen LogP contribution is 2.35. The molecule has 1 fully saturated rings. The molecule has 0 aliphatic carbocycles. The molecule has 0 aromatic heterocycles. The molecule has 22 heavy (non-hydrogen) atoms. The fourth-order valence-electron chi connectivity index (χ4n) is 2.96. The molecule has 1 aliphatic rings. The van der Waals surface area contributed by atoms with E-state index in [1.165, 1.54) is 0 Å². The largest absolute Gasteiger partial charge is 0.302 e. The summed E-state index contributed by atoms with van der Waals surface area (Å²) in [7, 11) is 0. The fourth-order valence-corrected chi connectivity index (χ4v) is 3.21. The topological polar surface area (TPSA) is 29.1 Å². The zero-order valence-corrected chi connectivity index (χ0v) is 13.7. The minimum absolute atomic E-state index is 0.000746. The van der Waals surface area contributed by atoms with Crippen molar-refractivity contribution >= 4 is 29.0 Å². The van der Waals surface area contributed by atoms with Gasteiger partial charge in [0, 0.05) is 34.5 Å². The molecule has 2 aromatic carbocycles. The Balaban J connectivity index is 1.88. The lowest BCUT2D eigenvalue weighted by Gasteiger charge is -2.35. The van der Waals surface area contributed by atoms with Crippen LogP contribution in [0.5, 0.6) is 0 Å². The van der Waals surface area contributed by atoms with Crippen molar-refractivity contribution in [3.05, 3.63) is 69.7 Å². The summed E-state index contributed by atoms with van der Waals surface area (Å²) < 4.78 is 0. The molecule has 0 radical (unpaired) electrons. The van der Waals surface area contributed by atoms with Gasteiger partial charge >= 0.3 is 0 Å². The van der Waals surface area contributed by atoms with E-state index in [-0.39, 0.29) is 23.8 Å². The standard InChI is InChI=1S/C18H17Cl2NO/c1-11-17(22)10-16(12-2-6-14(19)7-3-12)21-18(11)13-4-8-15(20)9-5-13/h2-9,11,16,18,21H,10H2,1H3/t11-,16+,18+/m1/s1. The Kier molecular flexibility index (Phi) is 4.53. The van der Waals surface area contributed by atoms with Crippen molar-refractivity contribution in [2.45, 2.75) is 25.4 Å². The molecule has 0 spiro atoms. The molecular formula is C18H17Cl2NO. The Morgan fingerprint density at radius 3 is 1.95 bits per heavy atom. The van der Waals surface area contributed by atoms with Crippen LogP contribution in [0.2, 0.25) is 10.0 Å². The molecule has 0 bridgehead atoms. The molecule has 2 aromatic rings. The van der Waals surface area contributed by atoms with E-state index in [4.69, 9.17) is 23.2 Å². The third kappa shape index (κ3) is 3.19. The summed E-state index contributed by atoms with van der Waals surface area (Å²) in [4.78, 5) is 12.4. The number of benzene rings is 2. The molecule has 0 amide bonds. The van der Waals surface area contributed by atoms with E-state index in [1.54, 1.807) is 0 Å². The number of nitrogens with one attached hydrogen (secondary N) is 1. The van der Waals surface area contributed by atoms with Crippen LogP contribution in [-0.4, -0.2) is 5.78 Å². The van der Waals surface area contributed by atoms with Crippen LogP contribution in [0.3, 0.4) is 0 Å². The molecule has 1 aliphatic heterocycles. The Labute approximate surface area is 140 Å². The second-order valence-corrected chi connectivity index (χ2v) is 6.63. The van der Waals surface area contributed by atoms with E-state index >= 15 is 0 Å². The predicted molar refractivity (Wildman–Crippen MR) is 90.3 cm³/mol. The summed E-state index contributed by atoms with van der Waals surface area (Å²) in [5.74, 6) is 0.225. The number of hydrogen-bond donors (Lipinski definition) is 1. The van der Waals surface area contributed by atoms with E-state index in [0.29, 0.717) is 16.5 Å². The summed E-state index contributed by atoms with van der Waals surface area (Å²) >= 11 is 11.9. The number of carbonyl (C=O) groups excluding carboxylic acids is 1. The van der Waals surface area contributed by atoms with Gasteiger partial charge in [0.25, 0.3) is 0 Å². The first-order valence-electron chi connectivity index (χ1n) is 7.34. The third-order valence-corrected chi connectivity index (χ3v) is 4.80. The van der Waals surface area contributed by atoms with Crippen LogP contribution in [0, 0.1) is 5.92 Å². The van der Waals surface area contributed by atoms with Crippen molar-refractivity contribution in [1.82, 2.24) is 5.32 Å². The maximum atomic E-state index is 12.4. The Hall–Kier alpha value is -1.35. The number of rotatable bonds is 2. The lowest BCUT2D eigenvalue weighted by Crippen LogP contribution is -2.41. The highest BCUT2D eigenvalue weighted by atomic mass is 35.5. The summed E-state index contributed by atoms with van der Waals surface area (Å²) in [6.07, 6.45) is 0.507. The molecule has 1 N–H and O–H groups in total. The van der Waals surface area contributed by atoms with Crippen molar-refractivity contribution in [2.24, 2.45) is 5.92 Å². The quantitative estimate of drug-likeness (QED) is 0.840. The van der Waals surface area contributed by atoms with Gasteiger partial charge in [0.15, 0.2) is 0 Å². The SMILES string of the molecule is C[C@@H]1C(=O)C[C@@H](c2ccc(Cl)cc2)N[C@@H]1c1ccc(Cl)cc1. The van der Waals surface area contributed by atoms with Gasteiger partial charge in [0.1, 0.15) is 5.78 Å². The average Bonchev–Trinajstić information content (AvgIpc) is 2.52. The molecule has 3 rings (SSSR count). The third-order valence-electron chi connectivity index (χ3n) is 4.30. The molecule has 114 valence electrons. The molecule has 1 heterocycles. The van der Waals surface area contributed by atoms with Crippen LogP contribution < -0.4 is 5.32 Å². The molecule has 0 saturated carbocycles. The van der Waals surface area contributed by atoms with Crippen LogP contribution in [0.4, 0.5) is 0 Å². The van der Waals surface area contributed by atoms with Gasteiger partial charge in [0.05, 0.1) is 0 Å². The van der Waals surface area contributed by atoms with E-state index in [0.717, 1.165) is 11.1 Å². The minimum Gasteiger partial charge on any atom is -0.302 e. The fraction of sp³-hybridized carbons (Fsp3) is 0.278. The number of Topliss-reactive ketones (excluding diaryl/α,β-unsaturated/α-hetero) is 1. The summed E-state index contributed by atoms with van der Waals surface area (Å²) in [6.45, 7) is 1.98. The minimum atomic E-state index is -0.0512. The van der Waals surface area contributed by atoms with Crippen molar-refractivity contribution in [1.29, 1.82) is 0 Å². The second-order valence-electron chi connectivity index (χ2n) is 5.76. The zero-order valence-electron chi connectivity index (χ0n) is 12.2. The van der Waals surface area contributed by atoms with Gasteiger partial charge in [-0.1, -0.05) is 54.4 Å². The molecule has 3 atom stereocenters. The summed E-state index contributed by atoms with van der Waals surface area (Å²) in [5.41, 5.74) is 2.17. The maximum Gasteiger partial charge on any atom is 0.139 e. The first-order valence-corrected chi connectivity index (χ1v) is 8.10. The molecular weight excluding hydrogens is 317 g/mol. The van der Waals surface area contributed by atoms with E-state index in [1.807, 2.05) is 55.5 Å². The predicted octanol–water partition coefficient (Wildman–Crippen LogP) is 4.97. The number of carbonyl (C=O) groups is 1. The molecule has 1 saturated heterocycles. The van der Waals surface area contributed by atoms with Gasteiger partial charge in [-0.25, -0.2) is 0 Å². The van der Waals surface area contributed by atoms with Gasteiger partial charge in [0.2, 0.25) is 0 Å². The van der Waals surface area contributed by atoms with Crippen LogP contribution in [-0.2, 0) is 4.79 Å². The molecule has 4 heteroatoms. The molecule has 2 nitrogen and oxygen atoms in total. The van der Waals surface area contributed by atoms with Gasteiger partial charge in [-0.05, 0) is 35.4 Å². The van der Waals surface area contributed by atoms with Crippen molar-refractivity contribution in [2.75, 3.05) is 0 Å². The lowest BCUT2D eigenvalue weighted by atomic mass is 9.82. The first kappa shape index (κ1) is 15.5. The average molecular weight is 334 g/mol. The smallest absolute Gasteiger partial charge is 0.139 e. The van der Waals surface area contributed by atoms with Crippen molar-refractivity contribution < 1.29 is 4.79 Å². The van der Waals surface area contributed by atoms with Gasteiger partial charge in [-0.2, -0.15) is 0 Å². The Bertz CT molecular complexity index is 666. The summed E-state index contributed by atoms with van der Waals surface area (Å²) in [6, 6.07) is 15.4. The Morgan fingerprint density at radius 2 is 1.41 bits per heavy atom. The van der Waals surface area contributed by atoms with Crippen LogP contribution in [0.15, 0.2) is 48.5 Å². The number of ketones is 1. The monoisotopic (exact) mass is 333 g/mol. The van der Waals surface area contributed by atoms with E-state index < -0.39 is 0 Å². The number of halogens is 2. The normalized spacial score (nSPS) is 25.2. The first-order chi connectivity index (χ1) is 10.5. The van der Waals surface area contributed by atoms with Gasteiger partial charge in [-0.3, -0.25) is 4.79 Å². The van der Waals surface area contributed by atoms with E-state index in [9.17, 15) is 4.79 Å². The van der Waals surface area contributed by atoms with Crippen molar-refractivity contribution in [3.63, 3.8) is 0 Å². The number of piperidine rings is 1. The van der Waals surface area contributed by atoms with Crippen LogP contribution in [0.25, 0.3) is 0 Å². The van der Waals surface area contributed by atoms with E-state index in [2.05, 4.69) is 5.32 Å². The molecule has 0 unspecified atom stereocenters. The second kappa shape index (κ2) is 6.41. The van der Waals surface area contributed by atoms with Crippen molar-refractivity contribution in [3.8, 4) is 0 Å². The van der Waals surface area contributed by atoms with Gasteiger partial charge in [-0.15, -0.1) is 0 Å².